The Kier molecular flexibility index (Phi) is 6.12. The van der Waals surface area contributed by atoms with E-state index in [9.17, 15) is 0 Å². The molecule has 1 heterocycles. The summed E-state index contributed by atoms with van der Waals surface area (Å²) in [6, 6.07) is 8.40. The van der Waals surface area contributed by atoms with E-state index < -0.39 is 0 Å². The lowest BCUT2D eigenvalue weighted by atomic mass is 10.0. The molecule has 0 spiro atoms. The first-order chi connectivity index (χ1) is 10.2. The lowest BCUT2D eigenvalue weighted by Crippen LogP contribution is -2.23. The third kappa shape index (κ3) is 4.78. The average Bonchev–Trinajstić information content (AvgIpc) is 2.50. The van der Waals surface area contributed by atoms with Gasteiger partial charge in [0.25, 0.3) is 0 Å². The molecule has 0 amide bonds. The van der Waals surface area contributed by atoms with Gasteiger partial charge in [0, 0.05) is 0 Å². The van der Waals surface area contributed by atoms with Crippen molar-refractivity contribution in [2.45, 2.75) is 52.5 Å². The Morgan fingerprint density at radius 1 is 1.10 bits per heavy atom. The quantitative estimate of drug-likeness (QED) is 0.776. The van der Waals surface area contributed by atoms with Gasteiger partial charge in [-0.1, -0.05) is 45.7 Å². The van der Waals surface area contributed by atoms with Crippen molar-refractivity contribution in [3.8, 4) is 0 Å². The molecule has 1 unspecified atom stereocenters. The van der Waals surface area contributed by atoms with Crippen LogP contribution < -0.4 is 5.32 Å². The Labute approximate surface area is 128 Å². The molecule has 0 aliphatic heterocycles. The zero-order valence-corrected chi connectivity index (χ0v) is 13.5. The first-order valence-corrected chi connectivity index (χ1v) is 8.15. The normalized spacial score (nSPS) is 13.0. The summed E-state index contributed by atoms with van der Waals surface area (Å²) in [5.41, 5.74) is 3.03. The van der Waals surface area contributed by atoms with Gasteiger partial charge in [0.05, 0.1) is 29.0 Å². The second-order valence-electron chi connectivity index (χ2n) is 6.12. The minimum absolute atomic E-state index is 0.320. The number of aromatic nitrogens is 2. The number of fused-ring (bicyclic) bond motifs is 1. The first kappa shape index (κ1) is 15.9. The van der Waals surface area contributed by atoms with Crippen LogP contribution in [0.5, 0.6) is 0 Å². The molecule has 0 aliphatic rings. The third-order valence-corrected chi connectivity index (χ3v) is 3.74. The second-order valence-corrected chi connectivity index (χ2v) is 6.12. The highest BCUT2D eigenvalue weighted by Gasteiger charge is 2.13. The van der Waals surface area contributed by atoms with Gasteiger partial charge in [0.1, 0.15) is 0 Å². The molecule has 0 aliphatic carbocycles. The Morgan fingerprint density at radius 3 is 2.57 bits per heavy atom. The number of nitrogens with zero attached hydrogens (tertiary/aromatic N) is 2. The smallest absolute Gasteiger partial charge is 0.0890 e. The minimum Gasteiger partial charge on any atom is -0.309 e. The predicted octanol–water partition coefficient (Wildman–Crippen LogP) is 4.50. The fourth-order valence-corrected chi connectivity index (χ4v) is 2.54. The number of benzene rings is 1. The number of hydrogen-bond acceptors (Lipinski definition) is 3. The molecule has 1 aromatic heterocycles. The van der Waals surface area contributed by atoms with Crippen LogP contribution in [0.1, 0.15) is 58.2 Å². The molecule has 21 heavy (non-hydrogen) atoms. The number of rotatable bonds is 8. The monoisotopic (exact) mass is 285 g/mol. The molecule has 0 bridgehead atoms. The van der Waals surface area contributed by atoms with E-state index in [1.54, 1.807) is 0 Å². The van der Waals surface area contributed by atoms with Gasteiger partial charge in [-0.25, -0.2) is 4.98 Å². The van der Waals surface area contributed by atoms with Crippen molar-refractivity contribution in [1.82, 2.24) is 15.3 Å². The Morgan fingerprint density at radius 2 is 1.86 bits per heavy atom. The van der Waals surface area contributed by atoms with Crippen LogP contribution in [0.25, 0.3) is 11.0 Å². The maximum atomic E-state index is 4.80. The molecular formula is C18H27N3. The van der Waals surface area contributed by atoms with Crippen LogP contribution in [-0.2, 0) is 0 Å². The van der Waals surface area contributed by atoms with Crippen LogP contribution in [0.3, 0.4) is 0 Å². The highest BCUT2D eigenvalue weighted by Crippen LogP contribution is 2.20. The standard InChI is InChI=1S/C18H27N3/c1-4-12-19-16(11-7-8-14(2)3)18-13-20-15-9-5-6-10-17(15)21-18/h5-6,9-10,13-14,16,19H,4,7-8,11-12H2,1-3H3. The SMILES string of the molecule is CCCNC(CCCC(C)C)c1cnc2ccccc2n1. The Balaban J connectivity index is 2.12. The van der Waals surface area contributed by atoms with Crippen molar-refractivity contribution >= 4 is 11.0 Å². The summed E-state index contributed by atoms with van der Waals surface area (Å²) in [6.07, 6.45) is 6.71. The van der Waals surface area contributed by atoms with Crippen LogP contribution in [0.15, 0.2) is 30.5 Å². The van der Waals surface area contributed by atoms with Crippen molar-refractivity contribution in [3.05, 3.63) is 36.2 Å². The van der Waals surface area contributed by atoms with E-state index in [1.165, 1.54) is 12.8 Å². The molecule has 1 N–H and O–H groups in total. The molecule has 0 saturated carbocycles. The van der Waals surface area contributed by atoms with Crippen LogP contribution in [-0.4, -0.2) is 16.5 Å². The van der Waals surface area contributed by atoms with Gasteiger partial charge in [0.2, 0.25) is 0 Å². The van der Waals surface area contributed by atoms with Gasteiger partial charge in [-0.15, -0.1) is 0 Å². The summed E-state index contributed by atoms with van der Waals surface area (Å²) in [6.45, 7) is 7.79. The van der Waals surface area contributed by atoms with Gasteiger partial charge in [-0.05, 0) is 37.4 Å². The van der Waals surface area contributed by atoms with E-state index >= 15 is 0 Å². The average molecular weight is 285 g/mol. The van der Waals surface area contributed by atoms with E-state index in [1.807, 2.05) is 30.5 Å². The summed E-state index contributed by atoms with van der Waals surface area (Å²) in [7, 11) is 0. The van der Waals surface area contributed by atoms with Gasteiger partial charge >= 0.3 is 0 Å². The Hall–Kier alpha value is -1.48. The summed E-state index contributed by atoms with van der Waals surface area (Å²) in [5.74, 6) is 0.763. The van der Waals surface area contributed by atoms with Gasteiger partial charge in [-0.2, -0.15) is 0 Å². The summed E-state index contributed by atoms with van der Waals surface area (Å²) in [5, 5.41) is 3.62. The zero-order valence-electron chi connectivity index (χ0n) is 13.5. The third-order valence-electron chi connectivity index (χ3n) is 3.74. The van der Waals surface area contributed by atoms with E-state index in [4.69, 9.17) is 4.98 Å². The van der Waals surface area contributed by atoms with E-state index in [0.717, 1.165) is 42.0 Å². The highest BCUT2D eigenvalue weighted by molar-refractivity contribution is 5.73. The Bertz CT molecular complexity index is 551. The van der Waals surface area contributed by atoms with E-state index in [-0.39, 0.29) is 0 Å². The fourth-order valence-electron chi connectivity index (χ4n) is 2.54. The molecule has 0 saturated heterocycles. The number of nitrogens with one attached hydrogen (secondary N) is 1. The van der Waals surface area contributed by atoms with E-state index in [2.05, 4.69) is 31.1 Å². The summed E-state index contributed by atoms with van der Waals surface area (Å²) in [4.78, 5) is 9.35. The lowest BCUT2D eigenvalue weighted by Gasteiger charge is -2.18. The molecular weight excluding hydrogens is 258 g/mol. The van der Waals surface area contributed by atoms with E-state index in [0.29, 0.717) is 6.04 Å². The molecule has 3 heteroatoms. The lowest BCUT2D eigenvalue weighted by molar-refractivity contribution is 0.441. The molecule has 1 atom stereocenters. The summed E-state index contributed by atoms with van der Waals surface area (Å²) >= 11 is 0. The van der Waals surface area contributed by atoms with Crippen molar-refractivity contribution in [1.29, 1.82) is 0 Å². The fraction of sp³-hybridized carbons (Fsp3) is 0.556. The van der Waals surface area contributed by atoms with Crippen LogP contribution in [0.2, 0.25) is 0 Å². The minimum atomic E-state index is 0.320. The zero-order chi connectivity index (χ0) is 15.1. The van der Waals surface area contributed by atoms with Crippen molar-refractivity contribution in [3.63, 3.8) is 0 Å². The largest absolute Gasteiger partial charge is 0.309 e. The summed E-state index contributed by atoms with van der Waals surface area (Å²) < 4.78 is 0. The number of hydrogen-bond donors (Lipinski definition) is 1. The topological polar surface area (TPSA) is 37.8 Å². The first-order valence-electron chi connectivity index (χ1n) is 8.15. The maximum absolute atomic E-state index is 4.80. The molecule has 0 radical (unpaired) electrons. The van der Waals surface area contributed by atoms with Gasteiger partial charge in [-0.3, -0.25) is 4.98 Å². The molecule has 1 aromatic carbocycles. The van der Waals surface area contributed by atoms with Crippen molar-refractivity contribution in [2.24, 2.45) is 5.92 Å². The van der Waals surface area contributed by atoms with Crippen molar-refractivity contribution in [2.75, 3.05) is 6.54 Å². The molecule has 2 rings (SSSR count). The molecule has 3 nitrogen and oxygen atoms in total. The van der Waals surface area contributed by atoms with Crippen LogP contribution in [0.4, 0.5) is 0 Å². The second kappa shape index (κ2) is 8.08. The van der Waals surface area contributed by atoms with Crippen LogP contribution in [0, 0.1) is 5.92 Å². The van der Waals surface area contributed by atoms with Gasteiger partial charge in [0.15, 0.2) is 0 Å². The molecule has 0 fully saturated rings. The van der Waals surface area contributed by atoms with Crippen LogP contribution >= 0.6 is 0 Å². The maximum Gasteiger partial charge on any atom is 0.0890 e. The van der Waals surface area contributed by atoms with Crippen molar-refractivity contribution < 1.29 is 0 Å². The predicted molar refractivity (Wildman–Crippen MR) is 89.3 cm³/mol. The molecule has 114 valence electrons. The van der Waals surface area contributed by atoms with Gasteiger partial charge < -0.3 is 5.32 Å². The number of para-hydroxylation sites is 2. The molecule has 2 aromatic rings. The highest BCUT2D eigenvalue weighted by atomic mass is 14.9.